The van der Waals surface area contributed by atoms with Gasteiger partial charge in [0.2, 0.25) is 0 Å². The van der Waals surface area contributed by atoms with Crippen LogP contribution in [0.1, 0.15) is 5.76 Å². The fraction of sp³-hybridized carbons (Fsp3) is 0.0909. The molecule has 1 aliphatic heterocycles. The number of nitro benzene ring substituents is 1. The van der Waals surface area contributed by atoms with E-state index in [-0.39, 0.29) is 11.6 Å². The number of nitrogens with one attached hydrogen (secondary N) is 1. The zero-order chi connectivity index (χ0) is 22.7. The molecule has 1 amide bonds. The summed E-state index contributed by atoms with van der Waals surface area (Å²) in [7, 11) is 3.09. The molecule has 1 aromatic heterocycles. The van der Waals surface area contributed by atoms with E-state index in [2.05, 4.69) is 10.3 Å². The number of carbonyl (C=O) groups is 1. The third-order valence-electron chi connectivity index (χ3n) is 4.52. The molecule has 3 aromatic rings. The smallest absolute Gasteiger partial charge is 0.269 e. The van der Waals surface area contributed by atoms with E-state index in [1.807, 2.05) is 0 Å². The van der Waals surface area contributed by atoms with Gasteiger partial charge in [0.25, 0.3) is 11.6 Å². The van der Waals surface area contributed by atoms with Crippen LogP contribution in [0.2, 0.25) is 0 Å². The van der Waals surface area contributed by atoms with Gasteiger partial charge in [-0.05, 0) is 48.2 Å². The molecule has 0 aliphatic carbocycles. The van der Waals surface area contributed by atoms with Crippen molar-refractivity contribution in [3.05, 3.63) is 75.4 Å². The largest absolute Gasteiger partial charge is 0.497 e. The SMILES string of the molecule is COc1ccc(N=C2NC(=O)/C(=C\c3ccc(-c4ccc([N+](=O)[O-])cc4)o3)S2)c(OC)c1. The Hall–Kier alpha value is -4.05. The number of rotatable bonds is 6. The number of methoxy groups -OCH3 is 2. The molecular weight excluding hydrogens is 434 g/mol. The summed E-state index contributed by atoms with van der Waals surface area (Å²) in [6.07, 6.45) is 1.61. The quantitative estimate of drug-likeness (QED) is 0.326. The van der Waals surface area contributed by atoms with Crippen molar-refractivity contribution in [1.29, 1.82) is 0 Å². The summed E-state index contributed by atoms with van der Waals surface area (Å²) >= 11 is 1.18. The van der Waals surface area contributed by atoms with Crippen LogP contribution in [0, 0.1) is 10.1 Å². The van der Waals surface area contributed by atoms with Crippen LogP contribution >= 0.6 is 11.8 Å². The molecule has 0 unspecified atom stereocenters. The van der Waals surface area contributed by atoms with Gasteiger partial charge in [0, 0.05) is 29.8 Å². The third kappa shape index (κ3) is 4.49. The molecule has 1 fully saturated rings. The second-order valence-electron chi connectivity index (χ2n) is 6.53. The van der Waals surface area contributed by atoms with Gasteiger partial charge in [-0.3, -0.25) is 14.9 Å². The maximum atomic E-state index is 12.4. The number of benzene rings is 2. The van der Waals surface area contributed by atoms with E-state index in [9.17, 15) is 14.9 Å². The van der Waals surface area contributed by atoms with Gasteiger partial charge in [0.05, 0.1) is 24.0 Å². The van der Waals surface area contributed by atoms with Crippen LogP contribution in [0.5, 0.6) is 11.5 Å². The molecule has 0 spiro atoms. The molecule has 10 heteroatoms. The van der Waals surface area contributed by atoms with Crippen molar-refractivity contribution < 1.29 is 23.6 Å². The van der Waals surface area contributed by atoms with Crippen LogP contribution in [0.15, 0.2) is 68.9 Å². The van der Waals surface area contributed by atoms with Crippen molar-refractivity contribution in [2.75, 3.05) is 14.2 Å². The van der Waals surface area contributed by atoms with E-state index in [1.165, 1.54) is 31.0 Å². The van der Waals surface area contributed by atoms with Gasteiger partial charge in [-0.1, -0.05) is 0 Å². The predicted molar refractivity (Wildman–Crippen MR) is 121 cm³/mol. The monoisotopic (exact) mass is 451 g/mol. The van der Waals surface area contributed by atoms with Crippen LogP contribution in [0.3, 0.4) is 0 Å². The molecule has 1 aliphatic rings. The highest BCUT2D eigenvalue weighted by atomic mass is 32.2. The number of thioether (sulfide) groups is 1. The molecule has 2 aromatic carbocycles. The lowest BCUT2D eigenvalue weighted by Crippen LogP contribution is -2.19. The number of amides is 1. The number of hydrogen-bond acceptors (Lipinski definition) is 8. The summed E-state index contributed by atoms with van der Waals surface area (Å²) in [5.74, 6) is 1.86. The molecule has 2 heterocycles. The summed E-state index contributed by atoms with van der Waals surface area (Å²) in [5, 5.41) is 13.9. The van der Waals surface area contributed by atoms with Gasteiger partial charge < -0.3 is 19.2 Å². The summed E-state index contributed by atoms with van der Waals surface area (Å²) < 4.78 is 16.3. The van der Waals surface area contributed by atoms with Crippen LogP contribution in [0.25, 0.3) is 17.4 Å². The molecule has 162 valence electrons. The van der Waals surface area contributed by atoms with Gasteiger partial charge in [0.1, 0.15) is 28.7 Å². The summed E-state index contributed by atoms with van der Waals surface area (Å²) in [6.45, 7) is 0. The van der Waals surface area contributed by atoms with E-state index in [1.54, 1.807) is 55.7 Å². The first-order chi connectivity index (χ1) is 15.5. The molecular formula is C22H17N3O6S. The minimum absolute atomic E-state index is 0.00183. The minimum Gasteiger partial charge on any atom is -0.497 e. The number of amidine groups is 1. The van der Waals surface area contributed by atoms with Crippen molar-refractivity contribution in [2.24, 2.45) is 4.99 Å². The van der Waals surface area contributed by atoms with E-state index in [0.717, 1.165) is 0 Å². The Kier molecular flexibility index (Phi) is 5.95. The van der Waals surface area contributed by atoms with Crippen LogP contribution in [-0.2, 0) is 4.79 Å². The Labute approximate surface area is 186 Å². The van der Waals surface area contributed by atoms with Crippen LogP contribution < -0.4 is 14.8 Å². The molecule has 9 nitrogen and oxygen atoms in total. The maximum absolute atomic E-state index is 12.4. The molecule has 0 bridgehead atoms. The number of nitro groups is 1. The van der Waals surface area contributed by atoms with Crippen molar-refractivity contribution in [3.63, 3.8) is 0 Å². The zero-order valence-corrected chi connectivity index (χ0v) is 17.8. The highest BCUT2D eigenvalue weighted by Crippen LogP contribution is 2.35. The first-order valence-electron chi connectivity index (χ1n) is 9.33. The third-order valence-corrected chi connectivity index (χ3v) is 5.43. The zero-order valence-electron chi connectivity index (χ0n) is 17.0. The number of carbonyl (C=O) groups excluding carboxylic acids is 1. The second-order valence-corrected chi connectivity index (χ2v) is 7.56. The number of nitrogens with zero attached hydrogens (tertiary/aromatic N) is 2. The Morgan fingerprint density at radius 3 is 2.56 bits per heavy atom. The van der Waals surface area contributed by atoms with E-state index in [0.29, 0.717) is 44.3 Å². The highest BCUT2D eigenvalue weighted by molar-refractivity contribution is 8.18. The summed E-state index contributed by atoms with van der Waals surface area (Å²) in [5.41, 5.74) is 1.25. The van der Waals surface area contributed by atoms with Gasteiger partial charge in [-0.2, -0.15) is 0 Å². The van der Waals surface area contributed by atoms with Gasteiger partial charge in [-0.25, -0.2) is 4.99 Å². The molecule has 32 heavy (non-hydrogen) atoms. The molecule has 0 atom stereocenters. The Morgan fingerprint density at radius 2 is 1.88 bits per heavy atom. The first kappa shape index (κ1) is 21.2. The standard InChI is InChI=1S/C22H17N3O6S/c1-29-15-7-9-17(19(11-15)30-2)23-22-24-21(26)20(32-22)12-16-8-10-18(31-16)13-3-5-14(6-4-13)25(27)28/h3-12H,1-2H3,(H,23,24,26)/b20-12+. The predicted octanol–water partition coefficient (Wildman–Crippen LogP) is 4.76. The topological polar surface area (TPSA) is 116 Å². The Balaban J connectivity index is 1.53. The summed E-state index contributed by atoms with van der Waals surface area (Å²) in [4.78, 5) is 27.6. The lowest BCUT2D eigenvalue weighted by molar-refractivity contribution is -0.384. The lowest BCUT2D eigenvalue weighted by Gasteiger charge is -2.07. The van der Waals surface area contributed by atoms with Crippen LogP contribution in [-0.4, -0.2) is 30.2 Å². The van der Waals surface area contributed by atoms with E-state index < -0.39 is 4.92 Å². The number of ether oxygens (including phenoxy) is 2. The number of aliphatic imine (C=N–C) groups is 1. The molecule has 1 N–H and O–H groups in total. The molecule has 0 radical (unpaired) electrons. The number of furan rings is 1. The second kappa shape index (κ2) is 8.98. The highest BCUT2D eigenvalue weighted by Gasteiger charge is 2.25. The minimum atomic E-state index is -0.460. The first-order valence-corrected chi connectivity index (χ1v) is 10.1. The number of non-ortho nitro benzene ring substituents is 1. The molecule has 4 rings (SSSR count). The molecule has 1 saturated heterocycles. The summed E-state index contributed by atoms with van der Waals surface area (Å²) in [6, 6.07) is 14.7. The Morgan fingerprint density at radius 1 is 1.09 bits per heavy atom. The Bertz CT molecular complexity index is 1250. The fourth-order valence-corrected chi connectivity index (χ4v) is 3.74. The van der Waals surface area contributed by atoms with Crippen LogP contribution in [0.4, 0.5) is 11.4 Å². The van der Waals surface area contributed by atoms with E-state index >= 15 is 0 Å². The normalized spacial score (nSPS) is 15.8. The van der Waals surface area contributed by atoms with Gasteiger partial charge in [-0.15, -0.1) is 0 Å². The van der Waals surface area contributed by atoms with Crippen molar-refractivity contribution in [2.45, 2.75) is 0 Å². The van der Waals surface area contributed by atoms with Crippen molar-refractivity contribution in [1.82, 2.24) is 5.32 Å². The average molecular weight is 451 g/mol. The van der Waals surface area contributed by atoms with Crippen molar-refractivity contribution >= 4 is 40.3 Å². The van der Waals surface area contributed by atoms with Crippen molar-refractivity contribution in [3.8, 4) is 22.8 Å². The fourth-order valence-electron chi connectivity index (χ4n) is 2.93. The average Bonchev–Trinajstić information content (AvgIpc) is 3.40. The van der Waals surface area contributed by atoms with E-state index in [4.69, 9.17) is 13.9 Å². The van der Waals surface area contributed by atoms with Gasteiger partial charge >= 0.3 is 0 Å². The molecule has 0 saturated carbocycles. The van der Waals surface area contributed by atoms with Gasteiger partial charge in [0.15, 0.2) is 5.17 Å². The maximum Gasteiger partial charge on any atom is 0.269 e. The number of hydrogen-bond donors (Lipinski definition) is 1. The lowest BCUT2D eigenvalue weighted by atomic mass is 10.1.